The van der Waals surface area contributed by atoms with Gasteiger partial charge in [0.1, 0.15) is 12.2 Å². The van der Waals surface area contributed by atoms with Crippen molar-refractivity contribution in [2.45, 2.75) is 39.5 Å². The van der Waals surface area contributed by atoms with Gasteiger partial charge in [-0.15, -0.1) is 0 Å². The minimum absolute atomic E-state index is 0.0869. The van der Waals surface area contributed by atoms with E-state index < -0.39 is 28.5 Å². The summed E-state index contributed by atoms with van der Waals surface area (Å²) >= 11 is 5.70. The van der Waals surface area contributed by atoms with Crippen molar-refractivity contribution in [3.05, 3.63) is 56.4 Å². The second kappa shape index (κ2) is 7.01. The van der Waals surface area contributed by atoms with Crippen LogP contribution in [0.2, 0.25) is 0 Å². The molecule has 1 N–H and O–H groups in total. The maximum absolute atomic E-state index is 12.0. The third-order valence-corrected chi connectivity index (χ3v) is 3.82. The standard InChI is InChI=1S/C17H21ClN2O5/c1-11-9-20(15(23)19-13(11)21)12-5-6-17(25-12,7-8-18)10-24-14(22)16(2,3)4/h5-9,12H,10H2,1-4H3,(H,19,21,23)/t12-,17-/m1/s1. The Morgan fingerprint density at radius 1 is 1.48 bits per heavy atom. The van der Waals surface area contributed by atoms with Gasteiger partial charge in [0.15, 0.2) is 6.23 Å². The Hall–Kier alpha value is -2.12. The first-order valence-electron chi connectivity index (χ1n) is 7.72. The molecule has 0 aromatic carbocycles. The third kappa shape index (κ3) is 4.29. The van der Waals surface area contributed by atoms with Gasteiger partial charge in [0.25, 0.3) is 5.56 Å². The van der Waals surface area contributed by atoms with E-state index in [0.29, 0.717) is 5.56 Å². The molecule has 0 aliphatic carbocycles. The van der Waals surface area contributed by atoms with Crippen LogP contribution in [0, 0.1) is 12.3 Å². The Balaban J connectivity index is 2.23. The topological polar surface area (TPSA) is 90.4 Å². The summed E-state index contributed by atoms with van der Waals surface area (Å²) in [6, 6.07) is 0. The van der Waals surface area contributed by atoms with Crippen molar-refractivity contribution in [3.63, 3.8) is 0 Å². The van der Waals surface area contributed by atoms with E-state index in [2.05, 4.69) is 4.98 Å². The number of ether oxygens (including phenoxy) is 2. The zero-order valence-electron chi connectivity index (χ0n) is 14.5. The van der Waals surface area contributed by atoms with E-state index in [1.165, 1.54) is 22.4 Å². The van der Waals surface area contributed by atoms with E-state index in [-0.39, 0.29) is 12.6 Å². The van der Waals surface area contributed by atoms with Crippen LogP contribution in [-0.4, -0.2) is 27.7 Å². The Morgan fingerprint density at radius 2 is 2.16 bits per heavy atom. The number of rotatable bonds is 4. The van der Waals surface area contributed by atoms with Gasteiger partial charge < -0.3 is 9.47 Å². The maximum atomic E-state index is 12.0. The highest BCUT2D eigenvalue weighted by Crippen LogP contribution is 2.31. The zero-order valence-corrected chi connectivity index (χ0v) is 15.3. The van der Waals surface area contributed by atoms with Crippen molar-refractivity contribution in [3.8, 4) is 0 Å². The summed E-state index contributed by atoms with van der Waals surface area (Å²) in [5, 5.41) is 0. The molecule has 8 heteroatoms. The maximum Gasteiger partial charge on any atom is 0.330 e. The highest BCUT2D eigenvalue weighted by Gasteiger charge is 2.37. The molecule has 2 rings (SSSR count). The molecule has 2 atom stereocenters. The summed E-state index contributed by atoms with van der Waals surface area (Å²) in [6.07, 6.45) is 5.49. The van der Waals surface area contributed by atoms with Crippen LogP contribution < -0.4 is 11.2 Å². The number of aromatic amines is 1. The Labute approximate surface area is 149 Å². The molecular weight excluding hydrogens is 348 g/mol. The SMILES string of the molecule is Cc1cn([C@H]2C=C[C@@](C=CCl)(COC(=O)C(C)(C)C)O2)c(=O)[nH]c1=O. The molecule has 0 saturated heterocycles. The van der Waals surface area contributed by atoms with Crippen LogP contribution in [0.25, 0.3) is 0 Å². The molecule has 1 aromatic rings. The number of aromatic nitrogens is 2. The molecular formula is C17H21ClN2O5. The van der Waals surface area contributed by atoms with Gasteiger partial charge in [-0.05, 0) is 45.9 Å². The van der Waals surface area contributed by atoms with E-state index in [4.69, 9.17) is 21.1 Å². The number of nitrogens with one attached hydrogen (secondary N) is 1. The normalized spacial score (nSPS) is 23.3. The number of esters is 1. The quantitative estimate of drug-likeness (QED) is 0.648. The van der Waals surface area contributed by atoms with Gasteiger partial charge in [-0.25, -0.2) is 4.79 Å². The lowest BCUT2D eigenvalue weighted by Gasteiger charge is -2.27. The van der Waals surface area contributed by atoms with E-state index in [1.807, 2.05) is 0 Å². The molecule has 0 spiro atoms. The summed E-state index contributed by atoms with van der Waals surface area (Å²) in [5.74, 6) is -0.382. The van der Waals surface area contributed by atoms with E-state index in [9.17, 15) is 14.4 Å². The molecule has 7 nitrogen and oxygen atoms in total. The Bertz CT molecular complexity index is 831. The van der Waals surface area contributed by atoms with Crippen molar-refractivity contribution in [2.24, 2.45) is 5.41 Å². The van der Waals surface area contributed by atoms with Crippen molar-refractivity contribution < 1.29 is 14.3 Å². The number of halogens is 1. The zero-order chi connectivity index (χ0) is 18.8. The van der Waals surface area contributed by atoms with Crippen LogP contribution in [0.4, 0.5) is 0 Å². The van der Waals surface area contributed by atoms with Crippen LogP contribution in [0.15, 0.2) is 39.5 Å². The minimum atomic E-state index is -1.09. The molecule has 2 heterocycles. The van der Waals surface area contributed by atoms with Gasteiger partial charge in [0.05, 0.1) is 5.41 Å². The summed E-state index contributed by atoms with van der Waals surface area (Å²) in [6.45, 7) is 6.74. The monoisotopic (exact) mass is 368 g/mol. The van der Waals surface area contributed by atoms with E-state index in [1.54, 1.807) is 39.8 Å². The highest BCUT2D eigenvalue weighted by molar-refractivity contribution is 6.25. The predicted octanol–water partition coefficient (Wildman–Crippen LogP) is 2.01. The van der Waals surface area contributed by atoms with Gasteiger partial charge >= 0.3 is 11.7 Å². The average Bonchev–Trinajstić information content (AvgIpc) is 2.92. The average molecular weight is 369 g/mol. The summed E-state index contributed by atoms with van der Waals surface area (Å²) in [5.41, 5.74) is -1.14. The number of aryl methyl sites for hydroxylation is 1. The largest absolute Gasteiger partial charge is 0.461 e. The fourth-order valence-electron chi connectivity index (χ4n) is 2.20. The number of hydrogen-bond acceptors (Lipinski definition) is 5. The smallest absolute Gasteiger partial charge is 0.330 e. The van der Waals surface area contributed by atoms with Crippen LogP contribution >= 0.6 is 11.6 Å². The van der Waals surface area contributed by atoms with Crippen molar-refractivity contribution in [2.75, 3.05) is 6.61 Å². The fraction of sp³-hybridized carbons (Fsp3) is 0.471. The number of nitrogens with zero attached hydrogens (tertiary/aromatic N) is 1. The lowest BCUT2D eigenvalue weighted by Crippen LogP contribution is -2.38. The molecule has 0 amide bonds. The molecule has 1 aliphatic rings. The first-order chi connectivity index (χ1) is 11.6. The van der Waals surface area contributed by atoms with Gasteiger partial charge in [0, 0.05) is 17.3 Å². The molecule has 1 aliphatic heterocycles. The Morgan fingerprint density at radius 3 is 2.76 bits per heavy atom. The predicted molar refractivity (Wildman–Crippen MR) is 93.5 cm³/mol. The molecule has 0 fully saturated rings. The van der Waals surface area contributed by atoms with E-state index in [0.717, 1.165) is 0 Å². The van der Waals surface area contributed by atoms with Gasteiger partial charge in [-0.2, -0.15) is 0 Å². The van der Waals surface area contributed by atoms with Crippen LogP contribution in [0.3, 0.4) is 0 Å². The second-order valence-corrected chi connectivity index (χ2v) is 7.17. The highest BCUT2D eigenvalue weighted by atomic mass is 35.5. The van der Waals surface area contributed by atoms with Crippen molar-refractivity contribution >= 4 is 17.6 Å². The number of carbonyl (C=O) groups is 1. The van der Waals surface area contributed by atoms with Crippen LogP contribution in [0.1, 0.15) is 32.6 Å². The van der Waals surface area contributed by atoms with Gasteiger partial charge in [-0.1, -0.05) is 11.6 Å². The van der Waals surface area contributed by atoms with Gasteiger partial charge in [0.2, 0.25) is 0 Å². The summed E-state index contributed by atoms with van der Waals surface area (Å²) in [7, 11) is 0. The minimum Gasteiger partial charge on any atom is -0.461 e. The molecule has 1 aromatic heterocycles. The van der Waals surface area contributed by atoms with E-state index >= 15 is 0 Å². The molecule has 25 heavy (non-hydrogen) atoms. The lowest BCUT2D eigenvalue weighted by molar-refractivity contribution is -0.160. The lowest BCUT2D eigenvalue weighted by atomic mass is 9.97. The molecule has 0 unspecified atom stereocenters. The molecule has 0 radical (unpaired) electrons. The molecule has 0 bridgehead atoms. The number of carbonyl (C=O) groups excluding carboxylic acids is 1. The second-order valence-electron chi connectivity index (χ2n) is 6.92. The molecule has 0 saturated carbocycles. The van der Waals surface area contributed by atoms with Crippen molar-refractivity contribution in [1.29, 1.82) is 0 Å². The molecule has 136 valence electrons. The fourth-order valence-corrected chi connectivity index (χ4v) is 2.41. The third-order valence-electron chi connectivity index (χ3n) is 3.69. The summed E-state index contributed by atoms with van der Waals surface area (Å²) in [4.78, 5) is 37.7. The number of hydrogen-bond donors (Lipinski definition) is 1. The van der Waals surface area contributed by atoms with Crippen molar-refractivity contribution in [1.82, 2.24) is 9.55 Å². The Kier molecular flexibility index (Phi) is 5.39. The summed E-state index contributed by atoms with van der Waals surface area (Å²) < 4.78 is 12.5. The van der Waals surface area contributed by atoms with Gasteiger partial charge in [-0.3, -0.25) is 19.1 Å². The first kappa shape index (κ1) is 19.2. The number of H-pyrrole nitrogens is 1. The van der Waals surface area contributed by atoms with Crippen LogP contribution in [-0.2, 0) is 14.3 Å². The van der Waals surface area contributed by atoms with Crippen LogP contribution in [0.5, 0.6) is 0 Å². The first-order valence-corrected chi connectivity index (χ1v) is 8.16.